The molecule has 0 saturated heterocycles. The molecule has 31 heavy (non-hydrogen) atoms. The van der Waals surface area contributed by atoms with E-state index in [4.69, 9.17) is 4.74 Å². The summed E-state index contributed by atoms with van der Waals surface area (Å²) in [4.78, 5) is 11.5. The molecule has 2 aliphatic rings. The molecule has 5 nitrogen and oxygen atoms in total. The summed E-state index contributed by atoms with van der Waals surface area (Å²) < 4.78 is 5.12. The molecule has 0 heterocycles. The highest BCUT2D eigenvalue weighted by atomic mass is 16.5. The zero-order valence-corrected chi connectivity index (χ0v) is 19.5. The normalized spacial score (nSPS) is 28.7. The van der Waals surface area contributed by atoms with Crippen molar-refractivity contribution in [1.82, 2.24) is 0 Å². The maximum absolute atomic E-state index is 11.5. The van der Waals surface area contributed by atoms with Crippen molar-refractivity contribution >= 4 is 5.97 Å². The Kier molecular flexibility index (Phi) is 11.8. The highest BCUT2D eigenvalue weighted by Crippen LogP contribution is 2.36. The highest BCUT2D eigenvalue weighted by Gasteiger charge is 2.39. The van der Waals surface area contributed by atoms with Crippen LogP contribution in [0.3, 0.4) is 0 Å². The Morgan fingerprint density at radius 1 is 1.10 bits per heavy atom. The highest BCUT2D eigenvalue weighted by molar-refractivity contribution is 5.69. The molecule has 0 aromatic rings. The first-order chi connectivity index (χ1) is 14.9. The lowest BCUT2D eigenvalue weighted by Gasteiger charge is -2.22. The zero-order valence-electron chi connectivity index (χ0n) is 19.5. The number of aliphatic hydroxyl groups is 3. The average Bonchev–Trinajstić information content (AvgIpc) is 3.00. The Morgan fingerprint density at radius 2 is 1.84 bits per heavy atom. The molecule has 178 valence electrons. The lowest BCUT2D eigenvalue weighted by Crippen LogP contribution is -2.20. The van der Waals surface area contributed by atoms with E-state index in [1.807, 2.05) is 38.2 Å². The number of carbonyl (C=O) groups is 1. The third-order valence-corrected chi connectivity index (χ3v) is 6.76. The molecule has 3 N–H and O–H groups in total. The van der Waals surface area contributed by atoms with Crippen LogP contribution in [0.25, 0.3) is 0 Å². The summed E-state index contributed by atoms with van der Waals surface area (Å²) >= 11 is 0. The van der Waals surface area contributed by atoms with Crippen LogP contribution in [0.1, 0.15) is 90.9 Å². The van der Waals surface area contributed by atoms with Crippen LogP contribution in [0, 0.1) is 17.8 Å². The van der Waals surface area contributed by atoms with Gasteiger partial charge in [-0.1, -0.05) is 56.4 Å². The fraction of sp³-hybridized carbons (Fsp3) is 0.808. The fourth-order valence-corrected chi connectivity index (χ4v) is 5.00. The van der Waals surface area contributed by atoms with Crippen LogP contribution in [-0.4, -0.2) is 45.7 Å². The van der Waals surface area contributed by atoms with E-state index < -0.39 is 18.3 Å². The first kappa shape index (κ1) is 26.1. The summed E-state index contributed by atoms with van der Waals surface area (Å²) in [7, 11) is 0. The fourth-order valence-electron chi connectivity index (χ4n) is 5.00. The maximum atomic E-state index is 11.5. The molecule has 0 spiro atoms. The molecule has 2 saturated carbocycles. The van der Waals surface area contributed by atoms with E-state index in [1.54, 1.807) is 0 Å². The van der Waals surface area contributed by atoms with E-state index >= 15 is 0 Å². The van der Waals surface area contributed by atoms with Gasteiger partial charge in [-0.05, 0) is 57.8 Å². The largest absolute Gasteiger partial charge is 0.463 e. The zero-order chi connectivity index (χ0) is 22.6. The molecule has 2 rings (SSSR count). The number of hydrogen-bond donors (Lipinski definition) is 3. The number of aliphatic hydroxyl groups excluding tert-OH is 3. The standard InChI is InChI=1S/C26H44O5/c1-19(2)31-26(30)13-9-4-3-8-12-22-23(25(29)18-24(22)28)17-16-21(27)15-14-20-10-6-5-7-11-20/h3,8,16-17,19-25,27-29H,4-7,9-15,18H2,1-2H3/t21?,22-,23-,24?,25?/m1/s1. The summed E-state index contributed by atoms with van der Waals surface area (Å²) in [5.41, 5.74) is 0. The van der Waals surface area contributed by atoms with Gasteiger partial charge in [0.15, 0.2) is 0 Å². The maximum Gasteiger partial charge on any atom is 0.306 e. The number of rotatable bonds is 12. The molecule has 5 heteroatoms. The predicted molar refractivity (Wildman–Crippen MR) is 123 cm³/mol. The van der Waals surface area contributed by atoms with Crippen LogP contribution >= 0.6 is 0 Å². The smallest absolute Gasteiger partial charge is 0.306 e. The van der Waals surface area contributed by atoms with Crippen LogP contribution < -0.4 is 0 Å². The number of ether oxygens (including phenoxy) is 1. The minimum absolute atomic E-state index is 0.0426. The SMILES string of the molecule is CC(C)OC(=O)CCCC=CC[C@H]1C(O)CC(O)[C@@H]1C=CC(O)CCC1CCCCC1. The van der Waals surface area contributed by atoms with Crippen LogP contribution in [0.2, 0.25) is 0 Å². The van der Waals surface area contributed by atoms with Gasteiger partial charge in [-0.15, -0.1) is 0 Å². The molecule has 0 aromatic heterocycles. The Hall–Kier alpha value is -1.17. The number of esters is 1. The van der Waals surface area contributed by atoms with E-state index in [2.05, 4.69) is 0 Å². The number of hydrogen-bond acceptors (Lipinski definition) is 5. The van der Waals surface area contributed by atoms with Crippen molar-refractivity contribution < 1.29 is 24.9 Å². The molecule has 3 unspecified atom stereocenters. The predicted octanol–water partition coefficient (Wildman–Crippen LogP) is 4.69. The molecule has 0 bridgehead atoms. The Morgan fingerprint density at radius 3 is 2.55 bits per heavy atom. The molecule has 5 atom stereocenters. The lowest BCUT2D eigenvalue weighted by molar-refractivity contribution is -0.147. The third kappa shape index (κ3) is 9.88. The first-order valence-electron chi connectivity index (χ1n) is 12.4. The third-order valence-electron chi connectivity index (χ3n) is 6.76. The van der Waals surface area contributed by atoms with Gasteiger partial charge in [-0.25, -0.2) is 0 Å². The number of allylic oxidation sites excluding steroid dienone is 2. The first-order valence-corrected chi connectivity index (χ1v) is 12.4. The van der Waals surface area contributed by atoms with Gasteiger partial charge in [0.2, 0.25) is 0 Å². The monoisotopic (exact) mass is 436 g/mol. The van der Waals surface area contributed by atoms with Gasteiger partial charge < -0.3 is 20.1 Å². The molecular weight excluding hydrogens is 392 g/mol. The van der Waals surface area contributed by atoms with Crippen LogP contribution in [-0.2, 0) is 9.53 Å². The van der Waals surface area contributed by atoms with E-state index in [0.717, 1.165) is 31.6 Å². The van der Waals surface area contributed by atoms with Crippen molar-refractivity contribution in [3.05, 3.63) is 24.3 Å². The minimum atomic E-state index is -0.569. The Bertz CT molecular complexity index is 564. The Labute approximate surface area is 188 Å². The number of carbonyl (C=O) groups excluding carboxylic acids is 1. The van der Waals surface area contributed by atoms with Gasteiger partial charge >= 0.3 is 5.97 Å². The number of unbranched alkanes of at least 4 members (excludes halogenated alkanes) is 1. The van der Waals surface area contributed by atoms with Gasteiger partial charge in [0, 0.05) is 18.8 Å². The summed E-state index contributed by atoms with van der Waals surface area (Å²) in [5, 5.41) is 31.1. The summed E-state index contributed by atoms with van der Waals surface area (Å²) in [5.74, 6) is 0.412. The van der Waals surface area contributed by atoms with E-state index in [0.29, 0.717) is 19.3 Å². The second-order valence-corrected chi connectivity index (χ2v) is 9.78. The molecule has 2 aliphatic carbocycles. The summed E-state index contributed by atoms with van der Waals surface area (Å²) in [6.07, 6.45) is 17.6. The molecule has 0 amide bonds. The van der Waals surface area contributed by atoms with E-state index in [1.165, 1.54) is 32.1 Å². The van der Waals surface area contributed by atoms with Crippen molar-refractivity contribution in [1.29, 1.82) is 0 Å². The molecule has 2 fully saturated rings. The topological polar surface area (TPSA) is 87.0 Å². The van der Waals surface area contributed by atoms with Gasteiger partial charge in [-0.2, -0.15) is 0 Å². The quantitative estimate of drug-likeness (QED) is 0.235. The second kappa shape index (κ2) is 14.1. The second-order valence-electron chi connectivity index (χ2n) is 9.78. The van der Waals surface area contributed by atoms with Crippen molar-refractivity contribution in [2.24, 2.45) is 17.8 Å². The van der Waals surface area contributed by atoms with E-state index in [-0.39, 0.29) is 23.9 Å². The van der Waals surface area contributed by atoms with Gasteiger partial charge in [0.05, 0.1) is 24.4 Å². The van der Waals surface area contributed by atoms with Crippen molar-refractivity contribution in [2.75, 3.05) is 0 Å². The molecule has 0 aliphatic heterocycles. The molecule has 0 radical (unpaired) electrons. The molecule has 0 aromatic carbocycles. The summed E-state index contributed by atoms with van der Waals surface area (Å²) in [6.45, 7) is 3.69. The van der Waals surface area contributed by atoms with Gasteiger partial charge in [0.1, 0.15) is 0 Å². The minimum Gasteiger partial charge on any atom is -0.463 e. The summed E-state index contributed by atoms with van der Waals surface area (Å²) in [6, 6.07) is 0. The van der Waals surface area contributed by atoms with Gasteiger partial charge in [-0.3, -0.25) is 4.79 Å². The van der Waals surface area contributed by atoms with Crippen molar-refractivity contribution in [3.63, 3.8) is 0 Å². The van der Waals surface area contributed by atoms with Crippen LogP contribution in [0.5, 0.6) is 0 Å². The molecular formula is C26H44O5. The lowest BCUT2D eigenvalue weighted by atomic mass is 9.85. The van der Waals surface area contributed by atoms with Crippen LogP contribution in [0.15, 0.2) is 24.3 Å². The van der Waals surface area contributed by atoms with Crippen LogP contribution in [0.4, 0.5) is 0 Å². The Balaban J connectivity index is 1.73. The van der Waals surface area contributed by atoms with Crippen molar-refractivity contribution in [3.8, 4) is 0 Å². The van der Waals surface area contributed by atoms with Gasteiger partial charge in [0.25, 0.3) is 0 Å². The average molecular weight is 437 g/mol. The van der Waals surface area contributed by atoms with E-state index in [9.17, 15) is 20.1 Å². The van der Waals surface area contributed by atoms with Crippen molar-refractivity contribution in [2.45, 2.75) is 115 Å².